The number of anilines is 9. The van der Waals surface area contributed by atoms with Crippen LogP contribution in [0.5, 0.6) is 0 Å². The Bertz CT molecular complexity index is 4460. The minimum atomic E-state index is -0.823. The van der Waals surface area contributed by atoms with Crippen LogP contribution in [-0.2, 0) is 22.7 Å². The van der Waals surface area contributed by atoms with E-state index in [0.717, 1.165) is 75.7 Å². The third kappa shape index (κ3) is 19.8. The van der Waals surface area contributed by atoms with Crippen molar-refractivity contribution < 1.29 is 19.2 Å². The molecule has 0 atom stereocenters. The number of nitrogens with two attached hydrogens (primary N) is 2. The van der Waals surface area contributed by atoms with Gasteiger partial charge >= 0.3 is 6.09 Å². The van der Waals surface area contributed by atoms with Crippen LogP contribution in [-0.4, -0.2) is 76.7 Å². The second-order valence-corrected chi connectivity index (χ2v) is 24.2. The molecule has 0 unspecified atom stereocenters. The van der Waals surface area contributed by atoms with Crippen molar-refractivity contribution in [2.75, 3.05) is 26.6 Å². The number of primary amides is 1. The largest absolute Gasteiger partial charge is 0.443 e. The molecular formula is C63H60N20O5S4. The van der Waals surface area contributed by atoms with Gasteiger partial charge in [0.05, 0.1) is 16.3 Å². The molecule has 0 bridgehead atoms. The molecule has 12 aromatic rings. The lowest BCUT2D eigenvalue weighted by Gasteiger charge is -2.08. The number of amides is 2. The average Bonchev–Trinajstić information content (AvgIpc) is 2.03. The Labute approximate surface area is 544 Å². The van der Waals surface area contributed by atoms with Gasteiger partial charge in [0, 0.05) is 112 Å². The summed E-state index contributed by atoms with van der Waals surface area (Å²) in [6, 6.07) is 33.2. The van der Waals surface area contributed by atoms with Crippen LogP contribution in [0.25, 0.3) is 42.8 Å². The van der Waals surface area contributed by atoms with E-state index < -0.39 is 11.0 Å². The first kappa shape index (κ1) is 65.5. The van der Waals surface area contributed by atoms with Crippen molar-refractivity contribution in [1.82, 2.24) is 59.8 Å². The molecule has 25 nitrogen and oxygen atoms in total. The highest BCUT2D eigenvalue weighted by molar-refractivity contribution is 7.15. The summed E-state index contributed by atoms with van der Waals surface area (Å²) in [5.41, 5.74) is 23.9. The number of nitro benzene ring substituents is 1. The normalized spacial score (nSPS) is 10.5. The van der Waals surface area contributed by atoms with E-state index in [-0.39, 0.29) is 18.2 Å². The van der Waals surface area contributed by atoms with E-state index in [0.29, 0.717) is 58.1 Å². The first-order valence-electron chi connectivity index (χ1n) is 27.9. The summed E-state index contributed by atoms with van der Waals surface area (Å²) in [4.78, 5) is 86.5. The summed E-state index contributed by atoms with van der Waals surface area (Å²) < 4.78 is 4.74. The van der Waals surface area contributed by atoms with Crippen molar-refractivity contribution >= 4 is 115 Å². The van der Waals surface area contributed by atoms with Gasteiger partial charge in [0.25, 0.3) is 5.69 Å². The number of aryl methyl sites for hydroxylation is 6. The van der Waals surface area contributed by atoms with Crippen LogP contribution < -0.4 is 38.1 Å². The molecule has 0 aliphatic carbocycles. The predicted octanol–water partition coefficient (Wildman–Crippen LogP) is 14.1. The molecule has 8 heterocycles. The standard InChI is InChI=1S/C17H17N5O2S.C16H15N5OS.C16H17N5S.C14H11N5O2S/c1-10-5-11(2)7-12(6-10)21-17-19-4-3-14(22-17)15-20-13(9-25-15)8-24-16(18)23;1-10-9-18-15(23-10)14-6-7-17-16(21-14)20-13-5-3-4-12(8-13)19-11(2)22;1-10-5-11(2)7-12(6-10)20-16-18-4-3-14(21-16)15-19-13(8-17)9-22-15;1-9-8-16-13(22-9)12-6-7-15-14(18-12)17-10-2-4-11(5-3-10)19(20)21/h3-7,9H,8H2,1-2H3,(H2,18,23)(H,19,21,22);3-9H,1-2H3,(H,19,22)(H,17,20,21);3-7,9H,8,17H2,1-2H3,(H,18,20,21);2-8H,1H3,(H,15,17,18). The average molecular weight is 1310 g/mol. The number of non-ortho nitro benzene ring substituents is 1. The number of hydrogen-bond acceptors (Lipinski definition) is 26. The van der Waals surface area contributed by atoms with Crippen molar-refractivity contribution in [2.45, 2.75) is 61.6 Å². The van der Waals surface area contributed by atoms with Gasteiger partial charge in [-0.2, -0.15) is 0 Å². The van der Waals surface area contributed by atoms with E-state index >= 15 is 0 Å². The summed E-state index contributed by atoms with van der Waals surface area (Å²) in [6.45, 7) is 14.2. The lowest BCUT2D eigenvalue weighted by atomic mass is 10.1. The van der Waals surface area contributed by atoms with Crippen molar-refractivity contribution in [3.05, 3.63) is 211 Å². The minimum Gasteiger partial charge on any atom is -0.443 e. The van der Waals surface area contributed by atoms with Crippen molar-refractivity contribution in [1.29, 1.82) is 0 Å². The quantitative estimate of drug-likeness (QED) is 0.0329. The fourth-order valence-corrected chi connectivity index (χ4v) is 11.4. The molecule has 2 amide bonds. The number of benzene rings is 4. The molecule has 0 aliphatic heterocycles. The highest BCUT2D eigenvalue weighted by Crippen LogP contribution is 2.29. The van der Waals surface area contributed by atoms with Gasteiger partial charge in [0.15, 0.2) is 0 Å². The zero-order chi connectivity index (χ0) is 65.1. The lowest BCUT2D eigenvalue weighted by Crippen LogP contribution is -2.12. The number of nitro groups is 1. The Morgan fingerprint density at radius 2 is 0.913 bits per heavy atom. The van der Waals surface area contributed by atoms with Gasteiger partial charge in [-0.05, 0) is 143 Å². The highest BCUT2D eigenvalue weighted by atomic mass is 32.1. The Hall–Kier alpha value is -11.0. The summed E-state index contributed by atoms with van der Waals surface area (Å²) in [7, 11) is 0. The van der Waals surface area contributed by atoms with Crippen molar-refractivity contribution in [3.63, 3.8) is 0 Å². The maximum Gasteiger partial charge on any atom is 0.404 e. The van der Waals surface area contributed by atoms with Gasteiger partial charge in [0.2, 0.25) is 29.7 Å². The van der Waals surface area contributed by atoms with Crippen LogP contribution in [0, 0.1) is 51.7 Å². The zero-order valence-electron chi connectivity index (χ0n) is 50.6. The maximum absolute atomic E-state index is 11.1. The lowest BCUT2D eigenvalue weighted by molar-refractivity contribution is -0.384. The second-order valence-electron chi connectivity index (χ2n) is 20.0. The molecule has 0 saturated heterocycles. The van der Waals surface area contributed by atoms with Gasteiger partial charge in [-0.15, -0.1) is 45.3 Å². The van der Waals surface area contributed by atoms with Crippen LogP contribution in [0.3, 0.4) is 0 Å². The molecule has 0 fully saturated rings. The molecule has 9 N–H and O–H groups in total. The van der Waals surface area contributed by atoms with E-state index in [2.05, 4.69) is 125 Å². The van der Waals surface area contributed by atoms with Crippen LogP contribution in [0.1, 0.15) is 50.3 Å². The highest BCUT2D eigenvalue weighted by Gasteiger charge is 2.13. The van der Waals surface area contributed by atoms with E-state index in [1.807, 2.05) is 87.8 Å². The van der Waals surface area contributed by atoms with E-state index in [4.69, 9.17) is 16.2 Å². The summed E-state index contributed by atoms with van der Waals surface area (Å²) in [5, 5.41) is 33.0. The molecule has 466 valence electrons. The molecule has 0 saturated carbocycles. The molecular weight excluding hydrogens is 1250 g/mol. The van der Waals surface area contributed by atoms with Crippen molar-refractivity contribution in [3.8, 4) is 42.8 Å². The molecule has 4 aromatic carbocycles. The van der Waals surface area contributed by atoms with Crippen LogP contribution in [0.2, 0.25) is 0 Å². The van der Waals surface area contributed by atoms with Gasteiger partial charge in [-0.1, -0.05) is 18.2 Å². The maximum atomic E-state index is 11.1. The number of nitrogens with one attached hydrogen (secondary N) is 5. The third-order valence-electron chi connectivity index (χ3n) is 12.1. The number of ether oxygens (including phenoxy) is 1. The van der Waals surface area contributed by atoms with Crippen LogP contribution >= 0.6 is 45.3 Å². The Morgan fingerprint density at radius 3 is 1.32 bits per heavy atom. The summed E-state index contributed by atoms with van der Waals surface area (Å²) in [5.74, 6) is 1.84. The van der Waals surface area contributed by atoms with E-state index in [9.17, 15) is 19.7 Å². The number of carbonyl (C=O) groups excluding carboxylic acids is 2. The minimum absolute atomic E-state index is 0.0403. The van der Waals surface area contributed by atoms with Crippen molar-refractivity contribution in [2.24, 2.45) is 11.5 Å². The number of hydrogen-bond donors (Lipinski definition) is 7. The molecule has 0 spiro atoms. The Kier molecular flexibility index (Phi) is 22.4. The smallest absolute Gasteiger partial charge is 0.404 e. The molecule has 29 heteroatoms. The zero-order valence-corrected chi connectivity index (χ0v) is 53.8. The number of nitrogens with zero attached hydrogens (tertiary/aromatic N) is 13. The number of thiazole rings is 4. The monoisotopic (exact) mass is 1300 g/mol. The molecule has 0 radical (unpaired) electrons. The Morgan fingerprint density at radius 1 is 0.500 bits per heavy atom. The van der Waals surface area contributed by atoms with E-state index in [1.165, 1.54) is 52.9 Å². The third-order valence-corrected chi connectivity index (χ3v) is 15.8. The van der Waals surface area contributed by atoms with Crippen LogP contribution in [0.4, 0.5) is 62.7 Å². The van der Waals surface area contributed by atoms with Gasteiger partial charge in [0.1, 0.15) is 49.4 Å². The molecule has 12 rings (SSSR count). The number of rotatable bonds is 17. The second kappa shape index (κ2) is 31.5. The first-order valence-corrected chi connectivity index (χ1v) is 31.3. The van der Waals surface area contributed by atoms with Crippen LogP contribution in [0.15, 0.2) is 157 Å². The fourth-order valence-electron chi connectivity index (χ4n) is 8.41. The fraction of sp³-hybridized carbons (Fsp3) is 0.143. The molecule has 92 heavy (non-hydrogen) atoms. The topological polar surface area (TPSA) is 353 Å². The SMILES string of the molecule is CC(=O)Nc1cccc(Nc2nccc(-c3ncc(C)s3)n2)c1.Cc1cc(C)cc(Nc2nccc(-c3nc(CN)cs3)n2)c1.Cc1cc(C)cc(Nc2nccc(-c3nc(COC(N)=O)cs3)n2)c1.Cc1cnc(-c2ccnc(Nc3ccc([N+](=O)[O-])cc3)n2)s1. The number of carbonyl (C=O) groups is 2. The molecule has 8 aromatic heterocycles. The number of aromatic nitrogens is 12. The van der Waals surface area contributed by atoms with Gasteiger partial charge in [-0.25, -0.2) is 64.6 Å². The Balaban J connectivity index is 0.000000145. The summed E-state index contributed by atoms with van der Waals surface area (Å²) >= 11 is 6.10. The summed E-state index contributed by atoms with van der Waals surface area (Å²) in [6.07, 6.45) is 9.55. The van der Waals surface area contributed by atoms with Gasteiger partial charge in [-0.3, -0.25) is 14.9 Å². The molecule has 0 aliphatic rings. The van der Waals surface area contributed by atoms with Gasteiger partial charge < -0.3 is 42.8 Å². The predicted molar refractivity (Wildman–Crippen MR) is 363 cm³/mol. The first-order chi connectivity index (χ1) is 44.3. The van der Waals surface area contributed by atoms with E-state index in [1.54, 1.807) is 83.3 Å².